The fraction of sp³-hybridized carbons (Fsp3) is 0.538. The zero-order valence-electron chi connectivity index (χ0n) is 9.45. The van der Waals surface area contributed by atoms with Crippen LogP contribution < -0.4 is 0 Å². The molecule has 0 spiro atoms. The molecule has 0 saturated heterocycles. The molecular formula is C13H18S2. The standard InChI is InChI=1S/C13H18S2/c1-14-13(15-2)12-8-7-10-5-3-4-6-11(10)9-12/h4,6,9-10H,3,5,7-8H2,1-2H3. The van der Waals surface area contributed by atoms with Gasteiger partial charge >= 0.3 is 0 Å². The van der Waals surface area contributed by atoms with E-state index in [4.69, 9.17) is 0 Å². The van der Waals surface area contributed by atoms with Crippen molar-refractivity contribution >= 4 is 23.5 Å². The Bertz CT molecular complexity index is 317. The van der Waals surface area contributed by atoms with Gasteiger partial charge in [-0.1, -0.05) is 18.2 Å². The van der Waals surface area contributed by atoms with E-state index < -0.39 is 0 Å². The average molecular weight is 238 g/mol. The zero-order chi connectivity index (χ0) is 10.7. The molecule has 0 N–H and O–H groups in total. The van der Waals surface area contributed by atoms with E-state index in [1.54, 1.807) is 11.1 Å². The Balaban J connectivity index is 2.28. The number of rotatable bonds is 2. The SMILES string of the molecule is CSC(SC)=C1C=C2C=CCCC2CC1. The van der Waals surface area contributed by atoms with Crippen molar-refractivity contribution in [3.05, 3.63) is 33.6 Å². The minimum Gasteiger partial charge on any atom is -0.122 e. The molecule has 0 amide bonds. The van der Waals surface area contributed by atoms with E-state index in [0.29, 0.717) is 0 Å². The Hall–Kier alpha value is -0.0800. The van der Waals surface area contributed by atoms with E-state index in [1.807, 2.05) is 23.5 Å². The van der Waals surface area contributed by atoms with E-state index in [1.165, 1.54) is 29.9 Å². The van der Waals surface area contributed by atoms with Crippen molar-refractivity contribution in [2.24, 2.45) is 5.92 Å². The molecule has 0 aromatic rings. The van der Waals surface area contributed by atoms with Crippen LogP contribution in [-0.4, -0.2) is 12.5 Å². The van der Waals surface area contributed by atoms with E-state index in [-0.39, 0.29) is 0 Å². The first-order valence-corrected chi connectivity index (χ1v) is 7.99. The van der Waals surface area contributed by atoms with Crippen LogP contribution in [0.25, 0.3) is 0 Å². The van der Waals surface area contributed by atoms with Gasteiger partial charge in [-0.15, -0.1) is 23.5 Å². The highest BCUT2D eigenvalue weighted by Crippen LogP contribution is 2.39. The molecule has 1 unspecified atom stereocenters. The first kappa shape index (κ1) is 11.4. The normalized spacial score (nSPS) is 24.8. The van der Waals surface area contributed by atoms with E-state index >= 15 is 0 Å². The molecule has 1 atom stereocenters. The van der Waals surface area contributed by atoms with Gasteiger partial charge in [0.15, 0.2) is 0 Å². The summed E-state index contributed by atoms with van der Waals surface area (Å²) >= 11 is 3.78. The molecule has 2 rings (SSSR count). The second-order valence-corrected chi connectivity index (χ2v) is 5.97. The van der Waals surface area contributed by atoms with Crippen LogP contribution in [0.2, 0.25) is 0 Å². The Morgan fingerprint density at radius 1 is 1.27 bits per heavy atom. The van der Waals surface area contributed by atoms with Gasteiger partial charge in [0.1, 0.15) is 0 Å². The van der Waals surface area contributed by atoms with Gasteiger partial charge in [0, 0.05) is 4.24 Å². The highest BCUT2D eigenvalue weighted by atomic mass is 32.2. The molecule has 0 bridgehead atoms. The van der Waals surface area contributed by atoms with Crippen LogP contribution in [0, 0.1) is 5.92 Å². The second kappa shape index (κ2) is 5.31. The lowest BCUT2D eigenvalue weighted by molar-refractivity contribution is 0.508. The van der Waals surface area contributed by atoms with Gasteiger partial charge in [-0.2, -0.15) is 0 Å². The van der Waals surface area contributed by atoms with Crippen LogP contribution in [0.3, 0.4) is 0 Å². The molecule has 82 valence electrons. The average Bonchev–Trinajstić information content (AvgIpc) is 2.30. The third kappa shape index (κ3) is 2.54. The van der Waals surface area contributed by atoms with Crippen molar-refractivity contribution in [2.45, 2.75) is 25.7 Å². The first-order chi connectivity index (χ1) is 7.35. The Kier molecular flexibility index (Phi) is 4.04. The molecule has 0 aromatic carbocycles. The second-order valence-electron chi connectivity index (χ2n) is 4.08. The summed E-state index contributed by atoms with van der Waals surface area (Å²) in [6.45, 7) is 0. The number of fused-ring (bicyclic) bond motifs is 1. The lowest BCUT2D eigenvalue weighted by Crippen LogP contribution is -2.11. The largest absolute Gasteiger partial charge is 0.122 e. The minimum atomic E-state index is 0.851. The van der Waals surface area contributed by atoms with Gasteiger partial charge in [-0.25, -0.2) is 0 Å². The van der Waals surface area contributed by atoms with Crippen LogP contribution in [0.4, 0.5) is 0 Å². The fourth-order valence-corrected chi connectivity index (χ4v) is 3.92. The van der Waals surface area contributed by atoms with Crippen LogP contribution in [-0.2, 0) is 0 Å². The fourth-order valence-electron chi connectivity index (χ4n) is 2.41. The highest BCUT2D eigenvalue weighted by molar-refractivity contribution is 8.21. The van der Waals surface area contributed by atoms with Crippen LogP contribution in [0.1, 0.15) is 25.7 Å². The zero-order valence-corrected chi connectivity index (χ0v) is 11.1. The monoisotopic (exact) mass is 238 g/mol. The molecule has 0 saturated carbocycles. The van der Waals surface area contributed by atoms with Crippen molar-refractivity contribution in [2.75, 3.05) is 12.5 Å². The van der Waals surface area contributed by atoms with Gasteiger partial charge in [-0.3, -0.25) is 0 Å². The van der Waals surface area contributed by atoms with E-state index in [2.05, 4.69) is 30.7 Å². The Morgan fingerprint density at radius 3 is 2.80 bits per heavy atom. The maximum Gasteiger partial charge on any atom is 0.0427 e. The lowest BCUT2D eigenvalue weighted by atomic mass is 9.80. The maximum atomic E-state index is 2.44. The van der Waals surface area contributed by atoms with Crippen molar-refractivity contribution in [3.8, 4) is 0 Å². The number of thioether (sulfide) groups is 2. The molecule has 0 nitrogen and oxygen atoms in total. The van der Waals surface area contributed by atoms with Crippen LogP contribution >= 0.6 is 23.5 Å². The summed E-state index contributed by atoms with van der Waals surface area (Å²) in [6, 6.07) is 0. The van der Waals surface area contributed by atoms with Gasteiger partial charge in [0.05, 0.1) is 0 Å². The highest BCUT2D eigenvalue weighted by Gasteiger charge is 2.21. The molecule has 0 radical (unpaired) electrons. The summed E-state index contributed by atoms with van der Waals surface area (Å²) in [7, 11) is 0. The summed E-state index contributed by atoms with van der Waals surface area (Å²) in [5.74, 6) is 0.851. The third-order valence-corrected chi connectivity index (χ3v) is 5.47. The van der Waals surface area contributed by atoms with E-state index in [9.17, 15) is 0 Å². The Morgan fingerprint density at radius 2 is 2.07 bits per heavy atom. The maximum absolute atomic E-state index is 2.44. The van der Waals surface area contributed by atoms with E-state index in [0.717, 1.165) is 5.92 Å². The van der Waals surface area contributed by atoms with Crippen molar-refractivity contribution in [1.29, 1.82) is 0 Å². The number of hydrogen-bond donors (Lipinski definition) is 0. The third-order valence-electron chi connectivity index (χ3n) is 3.20. The first-order valence-electron chi connectivity index (χ1n) is 5.54. The molecule has 2 heteroatoms. The van der Waals surface area contributed by atoms with Gasteiger partial charge in [0.25, 0.3) is 0 Å². The number of hydrogen-bond acceptors (Lipinski definition) is 2. The number of allylic oxidation sites excluding steroid dienone is 5. The molecule has 0 aliphatic heterocycles. The smallest absolute Gasteiger partial charge is 0.0427 e. The quantitative estimate of drug-likeness (QED) is 0.689. The van der Waals surface area contributed by atoms with Crippen molar-refractivity contribution in [1.82, 2.24) is 0 Å². The molecule has 0 fully saturated rings. The minimum absolute atomic E-state index is 0.851. The molecule has 2 aliphatic rings. The summed E-state index contributed by atoms with van der Waals surface area (Å²) < 4.78 is 1.50. The van der Waals surface area contributed by atoms with Crippen LogP contribution in [0.5, 0.6) is 0 Å². The van der Waals surface area contributed by atoms with Crippen LogP contribution in [0.15, 0.2) is 33.6 Å². The molecule has 0 heterocycles. The van der Waals surface area contributed by atoms with Crippen molar-refractivity contribution < 1.29 is 0 Å². The molecular weight excluding hydrogens is 220 g/mol. The van der Waals surface area contributed by atoms with Gasteiger partial charge in [0.2, 0.25) is 0 Å². The summed E-state index contributed by atoms with van der Waals surface area (Å²) in [4.78, 5) is 0. The van der Waals surface area contributed by atoms with Gasteiger partial charge in [-0.05, 0) is 55.3 Å². The van der Waals surface area contributed by atoms with Gasteiger partial charge < -0.3 is 0 Å². The van der Waals surface area contributed by atoms with Crippen molar-refractivity contribution in [3.63, 3.8) is 0 Å². The summed E-state index contributed by atoms with van der Waals surface area (Å²) in [5, 5.41) is 0. The topological polar surface area (TPSA) is 0 Å². The molecule has 0 aromatic heterocycles. The summed E-state index contributed by atoms with van der Waals surface area (Å²) in [5.41, 5.74) is 3.14. The predicted molar refractivity (Wildman–Crippen MR) is 73.2 cm³/mol. The predicted octanol–water partition coefficient (Wildman–Crippen LogP) is 4.61. The molecule has 15 heavy (non-hydrogen) atoms. The summed E-state index contributed by atoms with van der Waals surface area (Å²) in [6.07, 6.45) is 16.7. The molecule has 2 aliphatic carbocycles. The Labute approximate surface area is 101 Å². The lowest BCUT2D eigenvalue weighted by Gasteiger charge is -2.27.